The molecular formula is C44H54N2O2. The Morgan fingerprint density at radius 1 is 0.750 bits per heavy atom. The third-order valence-corrected chi connectivity index (χ3v) is 15.4. The molecule has 3 aromatic rings. The van der Waals surface area contributed by atoms with E-state index in [1.807, 2.05) is 0 Å². The molecule has 0 radical (unpaired) electrons. The van der Waals surface area contributed by atoms with Crippen molar-refractivity contribution in [1.82, 2.24) is 9.97 Å². The molecule has 1 aromatic heterocycles. The summed E-state index contributed by atoms with van der Waals surface area (Å²) in [6.07, 6.45) is 11.5. The van der Waals surface area contributed by atoms with Crippen LogP contribution in [0.25, 0.3) is 22.5 Å². The summed E-state index contributed by atoms with van der Waals surface area (Å²) in [5, 5.41) is 10.8. The summed E-state index contributed by atoms with van der Waals surface area (Å²) in [6, 6.07) is 21.2. The van der Waals surface area contributed by atoms with E-state index in [1.165, 1.54) is 29.8 Å². The minimum Gasteiger partial charge on any atom is -0.481 e. The van der Waals surface area contributed by atoms with Gasteiger partial charge >= 0.3 is 5.97 Å². The largest absolute Gasteiger partial charge is 0.481 e. The van der Waals surface area contributed by atoms with Gasteiger partial charge in [-0.2, -0.15) is 0 Å². The lowest BCUT2D eigenvalue weighted by atomic mass is 9.34. The Labute approximate surface area is 287 Å². The van der Waals surface area contributed by atoms with Gasteiger partial charge in [-0.3, -0.25) is 4.79 Å². The van der Waals surface area contributed by atoms with Gasteiger partial charge in [0.15, 0.2) is 0 Å². The average molecular weight is 643 g/mol. The lowest BCUT2D eigenvalue weighted by Crippen LogP contribution is -2.65. The number of aromatic nitrogens is 2. The summed E-state index contributed by atoms with van der Waals surface area (Å²) in [4.78, 5) is 24.3. The minimum absolute atomic E-state index is 0.00337. The molecule has 0 saturated heterocycles. The predicted molar refractivity (Wildman–Crippen MR) is 193 cm³/mol. The van der Waals surface area contributed by atoms with Crippen molar-refractivity contribution in [2.75, 3.05) is 0 Å². The molecule has 4 nitrogen and oxygen atoms in total. The Hall–Kier alpha value is -3.27. The first-order valence-electron chi connectivity index (χ1n) is 18.6. The van der Waals surface area contributed by atoms with Gasteiger partial charge in [0.25, 0.3) is 0 Å². The van der Waals surface area contributed by atoms with Crippen molar-refractivity contribution < 1.29 is 9.90 Å². The molecule has 3 saturated carbocycles. The van der Waals surface area contributed by atoms with Crippen molar-refractivity contribution in [2.24, 2.45) is 44.8 Å². The zero-order chi connectivity index (χ0) is 33.9. The zero-order valence-electron chi connectivity index (χ0n) is 30.2. The molecule has 1 N–H and O–H groups in total. The van der Waals surface area contributed by atoms with Crippen LogP contribution in [0.1, 0.15) is 111 Å². The standard InChI is InChI=1S/C44H54N2O2/c1-39(2)22-24-44(38(47)48)25-23-42(6)30(31(44)26-39)18-19-34-41(5)27-32-37(40(3,4)33(41)20-21-43(34,42)7)46-36(29-16-12-9-13-17-29)35(45-32)28-14-10-8-11-15-28/h8-18,31,33-34H,19-27H2,1-7H3,(H,47,48)/t31-,33-,34+,41-,42+,43+,44-/m0/s1. The molecule has 0 aliphatic heterocycles. The van der Waals surface area contributed by atoms with Crippen LogP contribution in [-0.4, -0.2) is 21.0 Å². The molecule has 8 rings (SSSR count). The number of fused-ring (bicyclic) bond motifs is 8. The van der Waals surface area contributed by atoms with Crippen LogP contribution in [-0.2, 0) is 16.6 Å². The van der Waals surface area contributed by atoms with Gasteiger partial charge < -0.3 is 5.11 Å². The predicted octanol–water partition coefficient (Wildman–Crippen LogP) is 10.7. The van der Waals surface area contributed by atoms with Gasteiger partial charge in [0.1, 0.15) is 0 Å². The van der Waals surface area contributed by atoms with Gasteiger partial charge in [0, 0.05) is 16.5 Å². The van der Waals surface area contributed by atoms with E-state index in [0.717, 1.165) is 67.5 Å². The quantitative estimate of drug-likeness (QED) is 0.289. The van der Waals surface area contributed by atoms with Crippen LogP contribution >= 0.6 is 0 Å². The SMILES string of the molecule is CC1(C)CC[C@]2(C(=O)O)CC[C@]3(C)C(=CC[C@@H]4[C@@]5(C)Cc6nc(-c7ccccc7)c(-c7ccccc7)nc6C(C)(C)[C@@H]5CC[C@]43C)[C@@H]2C1. The molecule has 5 aliphatic carbocycles. The highest BCUT2D eigenvalue weighted by Gasteiger charge is 2.69. The highest BCUT2D eigenvalue weighted by atomic mass is 16.4. The molecule has 3 fully saturated rings. The fraction of sp³-hybridized carbons (Fsp3) is 0.568. The van der Waals surface area contributed by atoms with Gasteiger partial charge in [-0.25, -0.2) is 9.97 Å². The fourth-order valence-corrected chi connectivity index (χ4v) is 12.7. The third-order valence-electron chi connectivity index (χ3n) is 15.4. The van der Waals surface area contributed by atoms with Gasteiger partial charge in [-0.15, -0.1) is 0 Å². The maximum atomic E-state index is 13.1. The molecule has 0 unspecified atom stereocenters. The average Bonchev–Trinajstić information content (AvgIpc) is 3.05. The lowest BCUT2D eigenvalue weighted by molar-refractivity contribution is -0.177. The van der Waals surface area contributed by atoms with Crippen molar-refractivity contribution in [3.8, 4) is 22.5 Å². The van der Waals surface area contributed by atoms with Gasteiger partial charge in [-0.05, 0) is 97.2 Å². The maximum Gasteiger partial charge on any atom is 0.310 e. The Bertz CT molecular complexity index is 1810. The Morgan fingerprint density at radius 2 is 1.35 bits per heavy atom. The molecule has 48 heavy (non-hydrogen) atoms. The Balaban J connectivity index is 1.25. The van der Waals surface area contributed by atoms with E-state index in [0.29, 0.717) is 11.8 Å². The number of hydrogen-bond acceptors (Lipinski definition) is 3. The second-order valence-electron chi connectivity index (χ2n) is 18.5. The van der Waals surface area contributed by atoms with Crippen molar-refractivity contribution in [1.29, 1.82) is 0 Å². The monoisotopic (exact) mass is 642 g/mol. The van der Waals surface area contributed by atoms with Crippen LogP contribution in [0.5, 0.6) is 0 Å². The number of carboxylic acids is 1. The molecule has 0 spiro atoms. The Morgan fingerprint density at radius 3 is 1.98 bits per heavy atom. The topological polar surface area (TPSA) is 63.1 Å². The van der Waals surface area contributed by atoms with Crippen LogP contribution in [0.4, 0.5) is 0 Å². The van der Waals surface area contributed by atoms with Crippen molar-refractivity contribution in [3.05, 3.63) is 83.7 Å². The van der Waals surface area contributed by atoms with Crippen molar-refractivity contribution in [2.45, 2.75) is 112 Å². The van der Waals surface area contributed by atoms with Crippen molar-refractivity contribution >= 4 is 5.97 Å². The zero-order valence-corrected chi connectivity index (χ0v) is 30.2. The number of rotatable bonds is 3. The van der Waals surface area contributed by atoms with Crippen LogP contribution in [0.2, 0.25) is 0 Å². The molecule has 0 amide bonds. The number of benzene rings is 2. The molecule has 0 bridgehead atoms. The van der Waals surface area contributed by atoms with Crippen LogP contribution in [0.3, 0.4) is 0 Å². The summed E-state index contributed by atoms with van der Waals surface area (Å²) in [5.41, 5.74) is 7.64. The van der Waals surface area contributed by atoms with Gasteiger partial charge in [0.2, 0.25) is 0 Å². The smallest absolute Gasteiger partial charge is 0.310 e. The highest BCUT2D eigenvalue weighted by molar-refractivity contribution is 5.78. The van der Waals surface area contributed by atoms with Crippen LogP contribution in [0.15, 0.2) is 72.3 Å². The van der Waals surface area contributed by atoms with E-state index in [9.17, 15) is 9.90 Å². The van der Waals surface area contributed by atoms with E-state index in [-0.39, 0.29) is 33.0 Å². The molecule has 7 atom stereocenters. The van der Waals surface area contributed by atoms with Crippen LogP contribution in [0, 0.1) is 44.8 Å². The van der Waals surface area contributed by atoms with E-state index in [4.69, 9.17) is 9.97 Å². The number of hydrogen-bond donors (Lipinski definition) is 1. The van der Waals surface area contributed by atoms with Crippen LogP contribution < -0.4 is 0 Å². The first-order valence-corrected chi connectivity index (χ1v) is 18.6. The number of allylic oxidation sites excluding steroid dienone is 2. The molecule has 252 valence electrons. The highest BCUT2D eigenvalue weighted by Crippen LogP contribution is 2.75. The molecule has 1 heterocycles. The normalized spacial score (nSPS) is 37.5. The van der Waals surface area contributed by atoms with E-state index in [1.54, 1.807) is 0 Å². The maximum absolute atomic E-state index is 13.1. The van der Waals surface area contributed by atoms with Gasteiger partial charge in [0.05, 0.1) is 28.2 Å². The second-order valence-corrected chi connectivity index (χ2v) is 18.5. The van der Waals surface area contributed by atoms with E-state index < -0.39 is 11.4 Å². The Kier molecular flexibility index (Phi) is 6.91. The molecule has 2 aromatic carbocycles. The number of nitrogens with zero attached hydrogens (tertiary/aromatic N) is 2. The second kappa shape index (κ2) is 10.4. The minimum atomic E-state index is -0.600. The summed E-state index contributed by atoms with van der Waals surface area (Å²) in [7, 11) is 0. The first-order chi connectivity index (χ1) is 22.7. The number of carbonyl (C=O) groups is 1. The summed E-state index contributed by atoms with van der Waals surface area (Å²) >= 11 is 0. The van der Waals surface area contributed by atoms with E-state index in [2.05, 4.69) is 115 Å². The summed E-state index contributed by atoms with van der Waals surface area (Å²) in [5.74, 6) is 0.571. The van der Waals surface area contributed by atoms with Gasteiger partial charge in [-0.1, -0.05) is 121 Å². The van der Waals surface area contributed by atoms with E-state index >= 15 is 0 Å². The number of carboxylic acid groups (broad SMARTS) is 1. The number of aliphatic carboxylic acids is 1. The first kappa shape index (κ1) is 32.0. The third kappa shape index (κ3) is 4.22. The lowest BCUT2D eigenvalue weighted by Gasteiger charge is -2.70. The summed E-state index contributed by atoms with van der Waals surface area (Å²) < 4.78 is 0. The van der Waals surface area contributed by atoms with Crippen molar-refractivity contribution in [3.63, 3.8) is 0 Å². The fourth-order valence-electron chi connectivity index (χ4n) is 12.7. The summed E-state index contributed by atoms with van der Waals surface area (Å²) in [6.45, 7) is 17.4. The molecule has 5 aliphatic rings. The molecule has 4 heteroatoms. The molecular weight excluding hydrogens is 588 g/mol.